The Morgan fingerprint density at radius 3 is 2.44 bits per heavy atom. The molecule has 1 heterocycles. The quantitative estimate of drug-likeness (QED) is 0.599. The molecule has 1 unspecified atom stereocenters. The summed E-state index contributed by atoms with van der Waals surface area (Å²) in [6, 6.07) is 0. The number of allylic oxidation sites excluding steroid dienone is 2. The molecule has 2 N–H and O–H groups in total. The van der Waals surface area contributed by atoms with Crippen molar-refractivity contribution in [3.63, 3.8) is 0 Å². The number of aliphatic hydroxyl groups excluding tert-OH is 2. The fourth-order valence-electron chi connectivity index (χ4n) is 1.38. The third-order valence-corrected chi connectivity index (χ3v) is 2.19. The van der Waals surface area contributed by atoms with E-state index in [2.05, 4.69) is 0 Å². The van der Waals surface area contributed by atoms with E-state index in [1.165, 1.54) is 0 Å². The second kappa shape index (κ2) is 8.29. The molecule has 0 saturated carbocycles. The summed E-state index contributed by atoms with van der Waals surface area (Å²) in [7, 11) is 0. The third kappa shape index (κ3) is 5.27. The first kappa shape index (κ1) is 13.2. The Morgan fingerprint density at radius 2 is 1.88 bits per heavy atom. The molecule has 0 radical (unpaired) electrons. The second-order valence-electron chi connectivity index (χ2n) is 3.38. The molecule has 16 heavy (non-hydrogen) atoms. The molecule has 0 bridgehead atoms. The van der Waals surface area contributed by atoms with Crippen LogP contribution in [0.1, 0.15) is 0 Å². The molecule has 0 spiro atoms. The molecule has 0 aromatic rings. The lowest BCUT2D eigenvalue weighted by Gasteiger charge is -2.21. The highest BCUT2D eigenvalue weighted by molar-refractivity contribution is 5.05. The van der Waals surface area contributed by atoms with E-state index < -0.39 is 0 Å². The Labute approximate surface area is 95.6 Å². The first-order chi connectivity index (χ1) is 7.86. The Hall–Kier alpha value is -0.880. The number of aliphatic hydroxyl groups is 2. The lowest BCUT2D eigenvalue weighted by Crippen LogP contribution is -2.33. The highest BCUT2D eigenvalue weighted by Crippen LogP contribution is 2.03. The van der Waals surface area contributed by atoms with Crippen LogP contribution >= 0.6 is 0 Å². The minimum atomic E-state index is -0.324. The Balaban J connectivity index is 2.11. The van der Waals surface area contributed by atoms with E-state index >= 15 is 0 Å². The van der Waals surface area contributed by atoms with Gasteiger partial charge in [0.05, 0.1) is 26.1 Å². The molecule has 5 nitrogen and oxygen atoms in total. The van der Waals surface area contributed by atoms with Crippen LogP contribution in [-0.2, 0) is 9.47 Å². The lowest BCUT2D eigenvalue weighted by atomic mass is 10.4. The van der Waals surface area contributed by atoms with Gasteiger partial charge in [0.2, 0.25) is 6.29 Å². The van der Waals surface area contributed by atoms with Crippen molar-refractivity contribution in [2.45, 2.75) is 6.29 Å². The van der Waals surface area contributed by atoms with Gasteiger partial charge in [-0.1, -0.05) is 6.08 Å². The Morgan fingerprint density at radius 1 is 1.12 bits per heavy atom. The van der Waals surface area contributed by atoms with Gasteiger partial charge >= 0.3 is 0 Å². The van der Waals surface area contributed by atoms with E-state index in [1.54, 1.807) is 12.3 Å². The van der Waals surface area contributed by atoms with Crippen molar-refractivity contribution in [2.24, 2.45) is 0 Å². The van der Waals surface area contributed by atoms with Crippen molar-refractivity contribution in [1.29, 1.82) is 0 Å². The Kier molecular flexibility index (Phi) is 6.83. The molecule has 5 heteroatoms. The third-order valence-electron chi connectivity index (χ3n) is 2.19. The maximum atomic E-state index is 8.80. The minimum Gasteiger partial charge on any atom is -0.469 e. The smallest absolute Gasteiger partial charge is 0.219 e. The van der Waals surface area contributed by atoms with E-state index in [0.717, 1.165) is 0 Å². The van der Waals surface area contributed by atoms with Gasteiger partial charge in [0.25, 0.3) is 0 Å². The summed E-state index contributed by atoms with van der Waals surface area (Å²) in [6.45, 7) is 2.43. The zero-order chi connectivity index (χ0) is 11.6. The standard InChI is InChI=1S/C11H19NO4/c13-7-4-12(5-8-14)6-10-16-11-3-1-2-9-15-11/h1-3,9,11,13-14H,4-8,10H2. The van der Waals surface area contributed by atoms with Crippen molar-refractivity contribution in [3.05, 3.63) is 24.5 Å². The number of hydrogen-bond acceptors (Lipinski definition) is 5. The van der Waals surface area contributed by atoms with Gasteiger partial charge in [-0.05, 0) is 12.2 Å². The maximum absolute atomic E-state index is 8.80. The monoisotopic (exact) mass is 229 g/mol. The summed E-state index contributed by atoms with van der Waals surface area (Å²) in [4.78, 5) is 1.93. The van der Waals surface area contributed by atoms with Crippen LogP contribution in [0.15, 0.2) is 24.5 Å². The van der Waals surface area contributed by atoms with E-state index in [0.29, 0.717) is 26.2 Å². The van der Waals surface area contributed by atoms with E-state index in [-0.39, 0.29) is 19.5 Å². The number of ether oxygens (including phenoxy) is 2. The number of nitrogens with zero attached hydrogens (tertiary/aromatic N) is 1. The predicted molar refractivity (Wildman–Crippen MR) is 59.7 cm³/mol. The zero-order valence-electron chi connectivity index (χ0n) is 9.29. The molecular formula is C11H19NO4. The molecule has 92 valence electrons. The highest BCUT2D eigenvalue weighted by Gasteiger charge is 2.08. The Bertz CT molecular complexity index is 224. The summed E-state index contributed by atoms with van der Waals surface area (Å²) in [6.07, 6.45) is 6.75. The molecule has 0 amide bonds. The molecule has 0 aromatic heterocycles. The SMILES string of the molecule is OCCN(CCO)CCOC1C=CC=CO1. The van der Waals surface area contributed by atoms with Crippen LogP contribution in [-0.4, -0.2) is 60.9 Å². The average Bonchev–Trinajstić information content (AvgIpc) is 2.31. The van der Waals surface area contributed by atoms with Crippen molar-refractivity contribution >= 4 is 0 Å². The van der Waals surface area contributed by atoms with Crippen LogP contribution in [0.25, 0.3) is 0 Å². The van der Waals surface area contributed by atoms with Gasteiger partial charge in [0.15, 0.2) is 0 Å². The fourth-order valence-corrected chi connectivity index (χ4v) is 1.38. The van der Waals surface area contributed by atoms with Gasteiger partial charge in [-0.3, -0.25) is 4.90 Å². The van der Waals surface area contributed by atoms with Gasteiger partial charge in [-0.25, -0.2) is 0 Å². The van der Waals surface area contributed by atoms with Crippen molar-refractivity contribution < 1.29 is 19.7 Å². The van der Waals surface area contributed by atoms with Crippen LogP contribution < -0.4 is 0 Å². The van der Waals surface area contributed by atoms with E-state index in [4.69, 9.17) is 19.7 Å². The largest absolute Gasteiger partial charge is 0.469 e. The first-order valence-electron chi connectivity index (χ1n) is 5.41. The zero-order valence-corrected chi connectivity index (χ0v) is 9.29. The van der Waals surface area contributed by atoms with Gasteiger partial charge in [-0.15, -0.1) is 0 Å². The molecule has 1 atom stereocenters. The highest BCUT2D eigenvalue weighted by atomic mass is 16.7. The number of rotatable bonds is 8. The molecule has 0 saturated heterocycles. The summed E-state index contributed by atoms with van der Waals surface area (Å²) >= 11 is 0. The summed E-state index contributed by atoms with van der Waals surface area (Å²) in [5.41, 5.74) is 0. The van der Waals surface area contributed by atoms with E-state index in [1.807, 2.05) is 17.1 Å². The summed E-state index contributed by atoms with van der Waals surface area (Å²) < 4.78 is 10.6. The van der Waals surface area contributed by atoms with Crippen molar-refractivity contribution in [3.8, 4) is 0 Å². The van der Waals surface area contributed by atoms with E-state index in [9.17, 15) is 0 Å². The normalized spacial score (nSPS) is 19.1. The van der Waals surface area contributed by atoms with Crippen LogP contribution in [0.4, 0.5) is 0 Å². The van der Waals surface area contributed by atoms with Crippen molar-refractivity contribution in [1.82, 2.24) is 4.90 Å². The molecule has 0 aliphatic carbocycles. The lowest BCUT2D eigenvalue weighted by molar-refractivity contribution is -0.0793. The van der Waals surface area contributed by atoms with Crippen LogP contribution in [0.2, 0.25) is 0 Å². The average molecular weight is 229 g/mol. The molecule has 1 aliphatic heterocycles. The second-order valence-corrected chi connectivity index (χ2v) is 3.38. The van der Waals surface area contributed by atoms with Crippen LogP contribution in [0.3, 0.4) is 0 Å². The van der Waals surface area contributed by atoms with Crippen LogP contribution in [0, 0.1) is 0 Å². The first-order valence-corrected chi connectivity index (χ1v) is 5.41. The van der Waals surface area contributed by atoms with Gasteiger partial charge in [0, 0.05) is 19.6 Å². The molecule has 1 rings (SSSR count). The van der Waals surface area contributed by atoms with Crippen LogP contribution in [0.5, 0.6) is 0 Å². The summed E-state index contributed by atoms with van der Waals surface area (Å²) in [5.74, 6) is 0. The topological polar surface area (TPSA) is 62.2 Å². The fraction of sp³-hybridized carbons (Fsp3) is 0.636. The summed E-state index contributed by atoms with van der Waals surface area (Å²) in [5, 5.41) is 17.6. The van der Waals surface area contributed by atoms with Gasteiger partial charge in [-0.2, -0.15) is 0 Å². The molecule has 0 fully saturated rings. The number of hydrogen-bond donors (Lipinski definition) is 2. The molecule has 0 aromatic carbocycles. The van der Waals surface area contributed by atoms with Gasteiger partial charge < -0.3 is 19.7 Å². The van der Waals surface area contributed by atoms with Crippen molar-refractivity contribution in [2.75, 3.05) is 39.5 Å². The molecular weight excluding hydrogens is 210 g/mol. The molecule has 1 aliphatic rings. The predicted octanol–water partition coefficient (Wildman–Crippen LogP) is -0.284. The maximum Gasteiger partial charge on any atom is 0.219 e. The minimum absolute atomic E-state index is 0.0859. The van der Waals surface area contributed by atoms with Gasteiger partial charge in [0.1, 0.15) is 0 Å².